The molecule has 4 rings (SSSR count). The number of amides is 1. The molecule has 0 fully saturated rings. The second kappa shape index (κ2) is 9.41. The molecule has 0 saturated carbocycles. The molecule has 3 aromatic carbocycles. The van der Waals surface area contributed by atoms with Gasteiger partial charge in [0, 0.05) is 25.0 Å². The van der Waals surface area contributed by atoms with E-state index in [2.05, 4.69) is 5.32 Å². The summed E-state index contributed by atoms with van der Waals surface area (Å²) in [6.45, 7) is 1.34. The van der Waals surface area contributed by atoms with E-state index < -0.39 is 0 Å². The van der Waals surface area contributed by atoms with E-state index in [1.807, 2.05) is 78.9 Å². The predicted octanol–water partition coefficient (Wildman–Crippen LogP) is 4.19. The van der Waals surface area contributed by atoms with Crippen molar-refractivity contribution in [1.82, 2.24) is 9.88 Å². The number of hydrogen-bond donors (Lipinski definition) is 1. The third-order valence-corrected chi connectivity index (χ3v) is 5.33. The maximum atomic E-state index is 12.9. The maximum absolute atomic E-state index is 12.9. The van der Waals surface area contributed by atoms with Crippen LogP contribution in [0.1, 0.15) is 27.0 Å². The summed E-state index contributed by atoms with van der Waals surface area (Å²) in [6.07, 6.45) is 0. The van der Waals surface area contributed by atoms with Crippen LogP contribution in [-0.4, -0.2) is 10.5 Å². The van der Waals surface area contributed by atoms with Crippen molar-refractivity contribution in [3.63, 3.8) is 0 Å². The SMILES string of the molecule is Cn1c(=O)cc(C(=O)NCc2ccccc2COCc2ccccc2)c2ccccc21. The first-order chi connectivity index (χ1) is 15.1. The van der Waals surface area contributed by atoms with E-state index in [0.29, 0.717) is 25.3 Å². The fourth-order valence-electron chi connectivity index (χ4n) is 3.59. The van der Waals surface area contributed by atoms with Gasteiger partial charge in [-0.1, -0.05) is 72.8 Å². The first-order valence-corrected chi connectivity index (χ1v) is 10.2. The van der Waals surface area contributed by atoms with Crippen molar-refractivity contribution < 1.29 is 9.53 Å². The molecular formula is C26H24N2O3. The smallest absolute Gasteiger partial charge is 0.252 e. The molecule has 1 amide bonds. The number of para-hydroxylation sites is 1. The molecule has 0 unspecified atom stereocenters. The number of fused-ring (bicyclic) bond motifs is 1. The quantitative estimate of drug-likeness (QED) is 0.495. The van der Waals surface area contributed by atoms with Crippen LogP contribution in [0.15, 0.2) is 89.7 Å². The second-order valence-electron chi connectivity index (χ2n) is 7.40. The Morgan fingerprint density at radius 1 is 0.871 bits per heavy atom. The standard InChI is InChI=1S/C26H24N2O3/c1-28-24-14-8-7-13-22(24)23(15-25(28)29)26(30)27-16-20-11-5-6-12-21(20)18-31-17-19-9-3-2-4-10-19/h2-15H,16-18H2,1H3,(H,27,30). The minimum absolute atomic E-state index is 0.210. The molecule has 5 nitrogen and oxygen atoms in total. The zero-order chi connectivity index (χ0) is 21.6. The van der Waals surface area contributed by atoms with Crippen molar-refractivity contribution >= 4 is 16.8 Å². The third kappa shape index (κ3) is 4.73. The van der Waals surface area contributed by atoms with Crippen LogP contribution in [0.3, 0.4) is 0 Å². The number of benzene rings is 3. The number of hydrogen-bond acceptors (Lipinski definition) is 3. The Bertz CT molecular complexity index is 1260. The van der Waals surface area contributed by atoms with Crippen molar-refractivity contribution in [3.05, 3.63) is 118 Å². The number of nitrogens with one attached hydrogen (secondary N) is 1. The maximum Gasteiger partial charge on any atom is 0.252 e. The molecule has 0 radical (unpaired) electrons. The predicted molar refractivity (Wildman–Crippen MR) is 122 cm³/mol. The van der Waals surface area contributed by atoms with E-state index in [0.717, 1.165) is 27.6 Å². The Labute approximate surface area is 180 Å². The first-order valence-electron chi connectivity index (χ1n) is 10.2. The van der Waals surface area contributed by atoms with Gasteiger partial charge >= 0.3 is 0 Å². The van der Waals surface area contributed by atoms with Crippen LogP contribution in [-0.2, 0) is 31.5 Å². The van der Waals surface area contributed by atoms with E-state index in [1.54, 1.807) is 11.6 Å². The molecule has 31 heavy (non-hydrogen) atoms. The molecule has 4 aromatic rings. The summed E-state index contributed by atoms with van der Waals surface area (Å²) in [5.74, 6) is -0.270. The highest BCUT2D eigenvalue weighted by atomic mass is 16.5. The van der Waals surface area contributed by atoms with E-state index in [9.17, 15) is 9.59 Å². The van der Waals surface area contributed by atoms with Crippen LogP contribution in [0, 0.1) is 0 Å². The van der Waals surface area contributed by atoms with E-state index in [4.69, 9.17) is 4.74 Å². The van der Waals surface area contributed by atoms with Gasteiger partial charge in [0.25, 0.3) is 11.5 Å². The summed E-state index contributed by atoms with van der Waals surface area (Å²) in [4.78, 5) is 25.2. The summed E-state index contributed by atoms with van der Waals surface area (Å²) in [5.41, 5.74) is 4.03. The third-order valence-electron chi connectivity index (χ3n) is 5.33. The van der Waals surface area contributed by atoms with Gasteiger partial charge in [0.05, 0.1) is 24.3 Å². The van der Waals surface area contributed by atoms with Gasteiger partial charge in [-0.2, -0.15) is 0 Å². The summed E-state index contributed by atoms with van der Waals surface area (Å²) in [6, 6.07) is 26.7. The highest BCUT2D eigenvalue weighted by Gasteiger charge is 2.14. The number of aryl methyl sites for hydroxylation is 1. The summed E-state index contributed by atoms with van der Waals surface area (Å²) < 4.78 is 7.41. The Hall–Kier alpha value is -3.70. The van der Waals surface area contributed by atoms with Gasteiger partial charge in [-0.05, 0) is 22.8 Å². The lowest BCUT2D eigenvalue weighted by Gasteiger charge is -2.13. The molecule has 156 valence electrons. The van der Waals surface area contributed by atoms with Crippen LogP contribution < -0.4 is 10.9 Å². The summed E-state index contributed by atoms with van der Waals surface area (Å²) in [7, 11) is 1.71. The second-order valence-corrected chi connectivity index (χ2v) is 7.40. The lowest BCUT2D eigenvalue weighted by Crippen LogP contribution is -2.27. The van der Waals surface area contributed by atoms with Gasteiger partial charge in [0.15, 0.2) is 0 Å². The molecule has 0 bridgehead atoms. The van der Waals surface area contributed by atoms with Crippen LogP contribution in [0.4, 0.5) is 0 Å². The average molecular weight is 412 g/mol. The van der Waals surface area contributed by atoms with Crippen LogP contribution in [0.25, 0.3) is 10.9 Å². The number of pyridine rings is 1. The Morgan fingerprint density at radius 2 is 1.55 bits per heavy atom. The first kappa shape index (κ1) is 20.6. The normalized spacial score (nSPS) is 10.9. The molecule has 0 saturated heterocycles. The molecule has 0 spiro atoms. The number of aromatic nitrogens is 1. The van der Waals surface area contributed by atoms with Crippen molar-refractivity contribution in [3.8, 4) is 0 Å². The monoisotopic (exact) mass is 412 g/mol. The molecule has 0 aliphatic carbocycles. The zero-order valence-corrected chi connectivity index (χ0v) is 17.4. The van der Waals surface area contributed by atoms with E-state index in [1.165, 1.54) is 6.07 Å². The molecular weight excluding hydrogens is 388 g/mol. The van der Waals surface area contributed by atoms with E-state index in [-0.39, 0.29) is 11.5 Å². The number of carbonyl (C=O) groups is 1. The van der Waals surface area contributed by atoms with Gasteiger partial charge in [0.1, 0.15) is 0 Å². The van der Waals surface area contributed by atoms with Crippen LogP contribution in [0.2, 0.25) is 0 Å². The Morgan fingerprint density at radius 3 is 2.35 bits per heavy atom. The number of carbonyl (C=O) groups excluding carboxylic acids is 1. The van der Waals surface area contributed by atoms with Crippen LogP contribution in [0.5, 0.6) is 0 Å². The zero-order valence-electron chi connectivity index (χ0n) is 17.4. The number of nitrogens with zero attached hydrogens (tertiary/aromatic N) is 1. The Kier molecular flexibility index (Phi) is 6.24. The molecule has 0 aliphatic heterocycles. The number of ether oxygens (including phenoxy) is 1. The van der Waals surface area contributed by atoms with Gasteiger partial charge < -0.3 is 14.6 Å². The molecule has 5 heteroatoms. The lowest BCUT2D eigenvalue weighted by atomic mass is 10.1. The fourth-order valence-corrected chi connectivity index (χ4v) is 3.59. The lowest BCUT2D eigenvalue weighted by molar-refractivity contribution is 0.0949. The Balaban J connectivity index is 1.46. The minimum atomic E-state index is -0.270. The summed E-state index contributed by atoms with van der Waals surface area (Å²) in [5, 5.41) is 3.71. The average Bonchev–Trinajstić information content (AvgIpc) is 2.81. The van der Waals surface area contributed by atoms with Crippen molar-refractivity contribution in [2.75, 3.05) is 0 Å². The highest BCUT2D eigenvalue weighted by molar-refractivity contribution is 6.06. The van der Waals surface area contributed by atoms with Crippen molar-refractivity contribution in [1.29, 1.82) is 0 Å². The molecule has 0 aliphatic rings. The largest absolute Gasteiger partial charge is 0.372 e. The van der Waals surface area contributed by atoms with Gasteiger partial charge in [-0.3, -0.25) is 9.59 Å². The molecule has 1 heterocycles. The van der Waals surface area contributed by atoms with E-state index >= 15 is 0 Å². The van der Waals surface area contributed by atoms with Crippen molar-refractivity contribution in [2.45, 2.75) is 19.8 Å². The fraction of sp³-hybridized carbons (Fsp3) is 0.154. The molecule has 1 aromatic heterocycles. The molecule has 1 N–H and O–H groups in total. The van der Waals surface area contributed by atoms with Gasteiger partial charge in [-0.25, -0.2) is 0 Å². The molecule has 0 atom stereocenters. The number of rotatable bonds is 7. The minimum Gasteiger partial charge on any atom is -0.372 e. The topological polar surface area (TPSA) is 60.3 Å². The summed E-state index contributed by atoms with van der Waals surface area (Å²) >= 11 is 0. The van der Waals surface area contributed by atoms with Gasteiger partial charge in [0.2, 0.25) is 0 Å². The van der Waals surface area contributed by atoms with Gasteiger partial charge in [-0.15, -0.1) is 0 Å². The van der Waals surface area contributed by atoms with Crippen molar-refractivity contribution in [2.24, 2.45) is 7.05 Å². The highest BCUT2D eigenvalue weighted by Crippen LogP contribution is 2.17. The van der Waals surface area contributed by atoms with Crippen LogP contribution >= 0.6 is 0 Å².